The van der Waals surface area contributed by atoms with Crippen molar-refractivity contribution in [2.45, 2.75) is 13.5 Å². The Kier molecular flexibility index (Phi) is 6.07. The van der Waals surface area contributed by atoms with Gasteiger partial charge in [0.25, 0.3) is 11.5 Å². The van der Waals surface area contributed by atoms with Gasteiger partial charge in [0.15, 0.2) is 0 Å². The lowest BCUT2D eigenvalue weighted by molar-refractivity contribution is -0.116. The molecule has 0 unspecified atom stereocenters. The maximum atomic E-state index is 12.4. The molecule has 0 spiro atoms. The average Bonchev–Trinajstić information content (AvgIpc) is 2.71. The first kappa shape index (κ1) is 20.5. The predicted octanol–water partition coefficient (Wildman–Crippen LogP) is 2.75. The van der Waals surface area contributed by atoms with Gasteiger partial charge in [-0.15, -0.1) is 0 Å². The number of nitrogens with one attached hydrogen (secondary N) is 2. The molecule has 0 aliphatic heterocycles. The monoisotopic (exact) mass is 405 g/mol. The highest BCUT2D eigenvalue weighted by atomic mass is 16.4. The van der Waals surface area contributed by atoms with E-state index in [1.54, 1.807) is 30.5 Å². The number of aromatic nitrogens is 1. The van der Waals surface area contributed by atoms with Crippen molar-refractivity contribution in [1.29, 1.82) is 0 Å². The Hall–Kier alpha value is -4.20. The molecule has 1 aromatic heterocycles. The Labute approximate surface area is 171 Å². The fourth-order valence-corrected chi connectivity index (χ4v) is 2.77. The number of carboxylic acids is 1. The Morgan fingerprint density at radius 2 is 1.63 bits per heavy atom. The molecular formula is C22H19N3O5. The third kappa shape index (κ3) is 5.20. The van der Waals surface area contributed by atoms with Crippen LogP contribution in [0.4, 0.5) is 11.4 Å². The molecule has 3 rings (SSSR count). The summed E-state index contributed by atoms with van der Waals surface area (Å²) in [7, 11) is 0. The molecule has 0 bridgehead atoms. The number of nitrogens with zero attached hydrogens (tertiary/aromatic N) is 1. The number of amides is 2. The highest BCUT2D eigenvalue weighted by Gasteiger charge is 2.10. The zero-order valence-electron chi connectivity index (χ0n) is 16.1. The first-order valence-corrected chi connectivity index (χ1v) is 9.03. The lowest BCUT2D eigenvalue weighted by atomic mass is 10.1. The summed E-state index contributed by atoms with van der Waals surface area (Å²) in [5.41, 5.74) is 1.84. The van der Waals surface area contributed by atoms with Crippen LogP contribution in [0.2, 0.25) is 0 Å². The Morgan fingerprint density at radius 3 is 2.33 bits per heavy atom. The second kappa shape index (κ2) is 8.87. The molecule has 3 N–H and O–H groups in total. The van der Waals surface area contributed by atoms with E-state index in [0.29, 0.717) is 16.9 Å². The molecule has 0 aliphatic carbocycles. The molecule has 30 heavy (non-hydrogen) atoms. The first-order chi connectivity index (χ1) is 14.3. The second-order valence-corrected chi connectivity index (χ2v) is 6.64. The SMILES string of the molecule is Cc1ccc(=O)n(CC(=O)Nc2ccc(C(=O)Nc3cccc(C(=O)O)c3)cc2)c1. The minimum absolute atomic E-state index is 0.0681. The molecule has 0 aliphatic rings. The third-order valence-corrected chi connectivity index (χ3v) is 4.24. The van der Waals surface area contributed by atoms with Gasteiger partial charge >= 0.3 is 5.97 Å². The maximum Gasteiger partial charge on any atom is 0.335 e. The number of carbonyl (C=O) groups is 3. The van der Waals surface area contributed by atoms with Crippen molar-refractivity contribution < 1.29 is 19.5 Å². The largest absolute Gasteiger partial charge is 0.478 e. The summed E-state index contributed by atoms with van der Waals surface area (Å²) in [6.07, 6.45) is 1.61. The molecule has 152 valence electrons. The van der Waals surface area contributed by atoms with Crippen LogP contribution in [0.5, 0.6) is 0 Å². The molecule has 2 amide bonds. The van der Waals surface area contributed by atoms with Crippen LogP contribution in [-0.4, -0.2) is 27.5 Å². The number of rotatable bonds is 6. The van der Waals surface area contributed by atoms with Crippen LogP contribution in [0.1, 0.15) is 26.3 Å². The molecule has 8 heteroatoms. The molecule has 2 aromatic carbocycles. The number of carboxylic acid groups (broad SMARTS) is 1. The minimum atomic E-state index is -1.08. The van der Waals surface area contributed by atoms with E-state index in [1.165, 1.54) is 41.0 Å². The standard InChI is InChI=1S/C22H19N3O5/c1-14-5-10-20(27)25(12-14)13-19(26)23-17-8-6-15(7-9-17)21(28)24-18-4-2-3-16(11-18)22(29)30/h2-12H,13H2,1H3,(H,23,26)(H,24,28)(H,29,30). The quantitative estimate of drug-likeness (QED) is 0.583. The van der Waals surface area contributed by atoms with E-state index in [0.717, 1.165) is 5.56 Å². The zero-order valence-corrected chi connectivity index (χ0v) is 16.1. The van der Waals surface area contributed by atoms with Crippen molar-refractivity contribution in [3.8, 4) is 0 Å². The van der Waals surface area contributed by atoms with Crippen molar-refractivity contribution in [1.82, 2.24) is 4.57 Å². The van der Waals surface area contributed by atoms with Gasteiger partial charge in [0, 0.05) is 29.2 Å². The smallest absolute Gasteiger partial charge is 0.335 e. The Bertz CT molecular complexity index is 1170. The molecule has 3 aromatic rings. The van der Waals surface area contributed by atoms with Crippen LogP contribution in [0, 0.1) is 6.92 Å². The predicted molar refractivity (Wildman–Crippen MR) is 112 cm³/mol. The zero-order chi connectivity index (χ0) is 21.7. The molecule has 1 heterocycles. The van der Waals surface area contributed by atoms with Gasteiger partial charge in [0.05, 0.1) is 5.56 Å². The summed E-state index contributed by atoms with van der Waals surface area (Å²) < 4.78 is 1.32. The van der Waals surface area contributed by atoms with Crippen LogP contribution in [-0.2, 0) is 11.3 Å². The molecule has 0 saturated carbocycles. The summed E-state index contributed by atoms with van der Waals surface area (Å²) in [6, 6.07) is 15.2. The van der Waals surface area contributed by atoms with Crippen LogP contribution < -0.4 is 16.2 Å². The van der Waals surface area contributed by atoms with E-state index in [2.05, 4.69) is 10.6 Å². The molecular weight excluding hydrogens is 386 g/mol. The highest BCUT2D eigenvalue weighted by Crippen LogP contribution is 2.14. The topological polar surface area (TPSA) is 118 Å². The number of aryl methyl sites for hydroxylation is 1. The van der Waals surface area contributed by atoms with E-state index in [-0.39, 0.29) is 23.6 Å². The minimum Gasteiger partial charge on any atom is -0.478 e. The fraction of sp³-hybridized carbons (Fsp3) is 0.0909. The Balaban J connectivity index is 1.63. The van der Waals surface area contributed by atoms with Crippen LogP contribution in [0.15, 0.2) is 71.7 Å². The van der Waals surface area contributed by atoms with Gasteiger partial charge in [-0.25, -0.2) is 4.79 Å². The number of aromatic carboxylic acids is 1. The highest BCUT2D eigenvalue weighted by molar-refractivity contribution is 6.05. The van der Waals surface area contributed by atoms with E-state index < -0.39 is 11.9 Å². The second-order valence-electron chi connectivity index (χ2n) is 6.64. The number of benzene rings is 2. The van der Waals surface area contributed by atoms with Crippen LogP contribution >= 0.6 is 0 Å². The van der Waals surface area contributed by atoms with E-state index in [1.807, 2.05) is 6.92 Å². The summed E-state index contributed by atoms with van der Waals surface area (Å²) in [5, 5.41) is 14.3. The van der Waals surface area contributed by atoms with Gasteiger partial charge in [0.2, 0.25) is 5.91 Å². The van der Waals surface area contributed by atoms with Crippen LogP contribution in [0.3, 0.4) is 0 Å². The maximum absolute atomic E-state index is 12.4. The van der Waals surface area contributed by atoms with Crippen molar-refractivity contribution in [2.75, 3.05) is 10.6 Å². The van der Waals surface area contributed by atoms with Gasteiger partial charge in [-0.1, -0.05) is 12.1 Å². The van der Waals surface area contributed by atoms with Crippen molar-refractivity contribution >= 4 is 29.2 Å². The lowest BCUT2D eigenvalue weighted by Gasteiger charge is -2.09. The number of anilines is 2. The van der Waals surface area contributed by atoms with Crippen molar-refractivity contribution in [3.05, 3.63) is 93.9 Å². The van der Waals surface area contributed by atoms with E-state index >= 15 is 0 Å². The summed E-state index contributed by atoms with van der Waals surface area (Å²) >= 11 is 0. The molecule has 0 saturated heterocycles. The molecule has 0 atom stereocenters. The van der Waals surface area contributed by atoms with Gasteiger partial charge in [0.1, 0.15) is 6.54 Å². The van der Waals surface area contributed by atoms with Crippen LogP contribution in [0.25, 0.3) is 0 Å². The lowest BCUT2D eigenvalue weighted by Crippen LogP contribution is -2.26. The van der Waals surface area contributed by atoms with Crippen molar-refractivity contribution in [3.63, 3.8) is 0 Å². The van der Waals surface area contributed by atoms with Gasteiger partial charge in [-0.3, -0.25) is 14.4 Å². The molecule has 8 nitrogen and oxygen atoms in total. The number of pyridine rings is 1. The van der Waals surface area contributed by atoms with E-state index in [4.69, 9.17) is 5.11 Å². The molecule has 0 fully saturated rings. The first-order valence-electron chi connectivity index (χ1n) is 9.03. The number of hydrogen-bond acceptors (Lipinski definition) is 4. The summed E-state index contributed by atoms with van der Waals surface area (Å²) in [6.45, 7) is 1.71. The fourth-order valence-electron chi connectivity index (χ4n) is 2.77. The summed E-state index contributed by atoms with van der Waals surface area (Å²) in [4.78, 5) is 47.4. The van der Waals surface area contributed by atoms with Crippen molar-refractivity contribution in [2.24, 2.45) is 0 Å². The third-order valence-electron chi connectivity index (χ3n) is 4.24. The summed E-state index contributed by atoms with van der Waals surface area (Å²) in [5.74, 6) is -1.87. The average molecular weight is 405 g/mol. The number of hydrogen-bond donors (Lipinski definition) is 3. The van der Waals surface area contributed by atoms with Gasteiger partial charge in [-0.05, 0) is 55.0 Å². The number of carbonyl (C=O) groups excluding carboxylic acids is 2. The molecule has 0 radical (unpaired) electrons. The van der Waals surface area contributed by atoms with Gasteiger partial charge < -0.3 is 20.3 Å². The normalized spacial score (nSPS) is 10.3. The van der Waals surface area contributed by atoms with Gasteiger partial charge in [-0.2, -0.15) is 0 Å². The van der Waals surface area contributed by atoms with E-state index in [9.17, 15) is 19.2 Å². The Morgan fingerprint density at radius 1 is 0.900 bits per heavy atom.